The monoisotopic (exact) mass is 340 g/mol. The topological polar surface area (TPSA) is 27.1 Å². The molecule has 0 spiro atoms. The molecule has 21 heavy (non-hydrogen) atoms. The number of ether oxygens (including phenoxy) is 1. The zero-order valence-electron chi connectivity index (χ0n) is 11.6. The van der Waals surface area contributed by atoms with Gasteiger partial charge in [0.2, 0.25) is 0 Å². The summed E-state index contributed by atoms with van der Waals surface area (Å²) in [7, 11) is 1.65. The van der Waals surface area contributed by atoms with Crippen LogP contribution in [0.25, 0.3) is 11.0 Å². The molecule has 0 saturated heterocycles. The molecule has 0 aliphatic carbocycles. The first-order valence-corrected chi connectivity index (χ1v) is 8.23. The van der Waals surface area contributed by atoms with Gasteiger partial charge in [0, 0.05) is 10.9 Å². The molecule has 6 heteroatoms. The number of imidazole rings is 1. The average molecular weight is 341 g/mol. The lowest BCUT2D eigenvalue weighted by molar-refractivity contribution is 0.415. The molecule has 0 bridgehead atoms. The number of fused-ring (bicyclic) bond motifs is 1. The van der Waals surface area contributed by atoms with Gasteiger partial charge in [-0.1, -0.05) is 11.6 Å². The Morgan fingerprint density at radius 2 is 2.14 bits per heavy atom. The van der Waals surface area contributed by atoms with Crippen LogP contribution in [-0.4, -0.2) is 16.7 Å². The molecular formula is C15H14Cl2N2OS. The predicted octanol–water partition coefficient (Wildman–Crippen LogP) is 5.11. The number of halogens is 2. The highest BCUT2D eigenvalue weighted by molar-refractivity contribution is 7.16. The largest absolute Gasteiger partial charge is 0.497 e. The van der Waals surface area contributed by atoms with E-state index < -0.39 is 0 Å². The van der Waals surface area contributed by atoms with Gasteiger partial charge in [-0.25, -0.2) is 4.98 Å². The first-order valence-electron chi connectivity index (χ1n) is 6.50. The summed E-state index contributed by atoms with van der Waals surface area (Å²) in [5.74, 6) is 2.00. The lowest BCUT2D eigenvalue weighted by atomic mass is 10.2. The van der Waals surface area contributed by atoms with E-state index in [2.05, 4.69) is 16.5 Å². The van der Waals surface area contributed by atoms with Gasteiger partial charge in [0.15, 0.2) is 0 Å². The number of hydrogen-bond acceptors (Lipinski definition) is 3. The van der Waals surface area contributed by atoms with Crippen molar-refractivity contribution in [3.8, 4) is 5.75 Å². The first-order chi connectivity index (χ1) is 10.1. The third-order valence-corrected chi connectivity index (χ3v) is 5.12. The van der Waals surface area contributed by atoms with E-state index in [1.54, 1.807) is 18.4 Å². The van der Waals surface area contributed by atoms with E-state index in [-0.39, 0.29) is 6.04 Å². The summed E-state index contributed by atoms with van der Waals surface area (Å²) in [6.45, 7) is 2.13. The third kappa shape index (κ3) is 2.63. The highest BCUT2D eigenvalue weighted by atomic mass is 35.5. The summed E-state index contributed by atoms with van der Waals surface area (Å²) < 4.78 is 8.20. The zero-order valence-corrected chi connectivity index (χ0v) is 14.0. The SMILES string of the molecule is COc1ccc2c(c1)nc(CCl)n2C(C)c1ccc(Cl)s1. The Labute approximate surface area is 137 Å². The fourth-order valence-corrected chi connectivity index (χ4v) is 3.75. The standard InChI is InChI=1S/C15H14Cl2N2OS/c1-9(13-5-6-14(17)21-13)19-12-4-3-10(20-2)7-11(12)18-15(19)8-16/h3-7,9H,8H2,1-2H3. The van der Waals surface area contributed by atoms with E-state index in [1.807, 2.05) is 30.3 Å². The predicted molar refractivity (Wildman–Crippen MR) is 89.0 cm³/mol. The second-order valence-electron chi connectivity index (χ2n) is 4.70. The number of methoxy groups -OCH3 is 1. The summed E-state index contributed by atoms with van der Waals surface area (Å²) in [5, 5.41) is 0. The molecule has 0 radical (unpaired) electrons. The number of nitrogens with zero attached hydrogens (tertiary/aromatic N) is 2. The van der Waals surface area contributed by atoms with Crippen LogP contribution in [0.15, 0.2) is 30.3 Å². The molecule has 0 N–H and O–H groups in total. The van der Waals surface area contributed by atoms with Crippen molar-refractivity contribution in [2.45, 2.75) is 18.8 Å². The van der Waals surface area contributed by atoms with Crippen molar-refractivity contribution in [3.05, 3.63) is 45.4 Å². The Morgan fingerprint density at radius 1 is 1.33 bits per heavy atom. The summed E-state index contributed by atoms with van der Waals surface area (Å²) >= 11 is 13.7. The molecule has 0 aliphatic rings. The second kappa shape index (κ2) is 5.87. The fraction of sp³-hybridized carbons (Fsp3) is 0.267. The van der Waals surface area contributed by atoms with Gasteiger partial charge in [-0.2, -0.15) is 0 Å². The Morgan fingerprint density at radius 3 is 2.76 bits per heavy atom. The van der Waals surface area contributed by atoms with E-state index in [9.17, 15) is 0 Å². The molecular weight excluding hydrogens is 327 g/mol. The molecule has 3 nitrogen and oxygen atoms in total. The van der Waals surface area contributed by atoms with Crippen molar-refractivity contribution in [1.29, 1.82) is 0 Å². The molecule has 0 fully saturated rings. The van der Waals surface area contributed by atoms with Crippen molar-refractivity contribution in [1.82, 2.24) is 9.55 Å². The minimum Gasteiger partial charge on any atom is -0.497 e. The number of benzene rings is 1. The van der Waals surface area contributed by atoms with Crippen LogP contribution in [0.3, 0.4) is 0 Å². The maximum atomic E-state index is 6.08. The van der Waals surface area contributed by atoms with Crippen molar-refractivity contribution >= 4 is 45.6 Å². The van der Waals surface area contributed by atoms with E-state index >= 15 is 0 Å². The summed E-state index contributed by atoms with van der Waals surface area (Å²) in [6, 6.07) is 9.98. The molecule has 2 heterocycles. The van der Waals surface area contributed by atoms with Crippen molar-refractivity contribution in [2.24, 2.45) is 0 Å². The van der Waals surface area contributed by atoms with Crippen LogP contribution >= 0.6 is 34.5 Å². The van der Waals surface area contributed by atoms with Crippen LogP contribution in [0.5, 0.6) is 5.75 Å². The smallest absolute Gasteiger partial charge is 0.125 e. The lowest BCUT2D eigenvalue weighted by Crippen LogP contribution is -2.08. The zero-order chi connectivity index (χ0) is 15.0. The average Bonchev–Trinajstić information content (AvgIpc) is 3.08. The van der Waals surface area contributed by atoms with Crippen molar-refractivity contribution in [3.63, 3.8) is 0 Å². The number of aromatic nitrogens is 2. The third-order valence-electron chi connectivity index (χ3n) is 3.48. The molecule has 1 atom stereocenters. The molecule has 0 amide bonds. The molecule has 2 aromatic heterocycles. The van der Waals surface area contributed by atoms with Gasteiger partial charge < -0.3 is 9.30 Å². The van der Waals surface area contributed by atoms with E-state index in [4.69, 9.17) is 27.9 Å². The van der Waals surface area contributed by atoms with Gasteiger partial charge in [0.25, 0.3) is 0 Å². The lowest BCUT2D eigenvalue weighted by Gasteiger charge is -2.15. The molecule has 3 aromatic rings. The Kier molecular flexibility index (Phi) is 4.11. The number of hydrogen-bond donors (Lipinski definition) is 0. The quantitative estimate of drug-likeness (QED) is 0.617. The van der Waals surface area contributed by atoms with Gasteiger partial charge in [-0.3, -0.25) is 0 Å². The van der Waals surface area contributed by atoms with Gasteiger partial charge in [-0.05, 0) is 31.2 Å². The molecule has 110 valence electrons. The van der Waals surface area contributed by atoms with Gasteiger partial charge in [0.05, 0.1) is 34.4 Å². The van der Waals surface area contributed by atoms with Crippen LogP contribution in [0, 0.1) is 0 Å². The number of thiophene rings is 1. The number of rotatable bonds is 4. The Hall–Kier alpha value is -1.23. The van der Waals surface area contributed by atoms with Crippen LogP contribution in [0.1, 0.15) is 23.7 Å². The van der Waals surface area contributed by atoms with Crippen LogP contribution in [0.2, 0.25) is 4.34 Å². The van der Waals surface area contributed by atoms with Crippen molar-refractivity contribution in [2.75, 3.05) is 7.11 Å². The minimum absolute atomic E-state index is 0.134. The highest BCUT2D eigenvalue weighted by Gasteiger charge is 2.18. The Balaban J connectivity index is 2.15. The second-order valence-corrected chi connectivity index (χ2v) is 6.72. The maximum absolute atomic E-state index is 6.08. The summed E-state index contributed by atoms with van der Waals surface area (Å²) in [5.41, 5.74) is 1.93. The molecule has 1 unspecified atom stereocenters. The van der Waals surface area contributed by atoms with Gasteiger partial charge in [0.1, 0.15) is 11.6 Å². The highest BCUT2D eigenvalue weighted by Crippen LogP contribution is 2.33. The van der Waals surface area contributed by atoms with E-state index in [0.717, 1.165) is 26.9 Å². The normalized spacial score (nSPS) is 12.8. The van der Waals surface area contributed by atoms with E-state index in [0.29, 0.717) is 5.88 Å². The number of alkyl halides is 1. The van der Waals surface area contributed by atoms with Gasteiger partial charge in [-0.15, -0.1) is 22.9 Å². The van der Waals surface area contributed by atoms with Gasteiger partial charge >= 0.3 is 0 Å². The van der Waals surface area contributed by atoms with Crippen LogP contribution < -0.4 is 4.74 Å². The summed E-state index contributed by atoms with van der Waals surface area (Å²) in [4.78, 5) is 5.80. The molecule has 0 saturated carbocycles. The minimum atomic E-state index is 0.134. The molecule has 3 rings (SSSR count). The summed E-state index contributed by atoms with van der Waals surface area (Å²) in [6.07, 6.45) is 0. The maximum Gasteiger partial charge on any atom is 0.125 e. The van der Waals surface area contributed by atoms with Crippen molar-refractivity contribution < 1.29 is 4.74 Å². The van der Waals surface area contributed by atoms with Crippen LogP contribution in [-0.2, 0) is 5.88 Å². The fourth-order valence-electron chi connectivity index (χ4n) is 2.46. The molecule has 1 aromatic carbocycles. The van der Waals surface area contributed by atoms with E-state index in [1.165, 1.54) is 4.88 Å². The molecule has 0 aliphatic heterocycles. The first kappa shape index (κ1) is 14.7. The van der Waals surface area contributed by atoms with Crippen LogP contribution in [0.4, 0.5) is 0 Å². The Bertz CT molecular complexity index is 781.